The van der Waals surface area contributed by atoms with Gasteiger partial charge in [0.1, 0.15) is 11.6 Å². The molecule has 1 fully saturated rings. The molecule has 2 heterocycles. The van der Waals surface area contributed by atoms with Crippen LogP contribution >= 0.6 is 0 Å². The van der Waals surface area contributed by atoms with Crippen LogP contribution in [0.2, 0.25) is 0 Å². The molecule has 0 amide bonds. The largest absolute Gasteiger partial charge is 0.354 e. The number of hydrogen-bond acceptors (Lipinski definition) is 4. The Morgan fingerprint density at radius 2 is 2.31 bits per heavy atom. The van der Waals surface area contributed by atoms with E-state index in [9.17, 15) is 0 Å². The Balaban J connectivity index is 2.21. The van der Waals surface area contributed by atoms with Crippen molar-refractivity contribution in [1.82, 2.24) is 15.3 Å². The third-order valence-electron chi connectivity index (χ3n) is 2.90. The fourth-order valence-electron chi connectivity index (χ4n) is 2.07. The second-order valence-corrected chi connectivity index (χ2v) is 4.44. The summed E-state index contributed by atoms with van der Waals surface area (Å²) in [5.74, 6) is 2.03. The van der Waals surface area contributed by atoms with Gasteiger partial charge in [0.25, 0.3) is 0 Å². The SMILES string of the molecule is CCc1nc(C)cc(N2CCN[C@@H](C)C2)n1. The molecule has 0 aliphatic carbocycles. The Hall–Kier alpha value is -1.16. The van der Waals surface area contributed by atoms with Gasteiger partial charge in [-0.05, 0) is 13.8 Å². The van der Waals surface area contributed by atoms with E-state index in [1.54, 1.807) is 0 Å². The van der Waals surface area contributed by atoms with E-state index in [0.717, 1.165) is 43.4 Å². The highest BCUT2D eigenvalue weighted by Gasteiger charge is 2.17. The molecule has 4 nitrogen and oxygen atoms in total. The molecule has 1 aliphatic heterocycles. The molecule has 1 aromatic rings. The van der Waals surface area contributed by atoms with Gasteiger partial charge < -0.3 is 10.2 Å². The third-order valence-corrected chi connectivity index (χ3v) is 2.90. The number of nitrogens with one attached hydrogen (secondary N) is 1. The molecule has 4 heteroatoms. The highest BCUT2D eigenvalue weighted by Crippen LogP contribution is 2.14. The molecule has 0 spiro atoms. The van der Waals surface area contributed by atoms with Crippen molar-refractivity contribution in [3.05, 3.63) is 17.6 Å². The van der Waals surface area contributed by atoms with Crippen molar-refractivity contribution in [2.24, 2.45) is 0 Å². The number of piperazine rings is 1. The molecule has 0 radical (unpaired) electrons. The second-order valence-electron chi connectivity index (χ2n) is 4.44. The standard InChI is InChI=1S/C12H20N4/c1-4-11-14-9(2)7-12(15-11)16-6-5-13-10(3)8-16/h7,10,13H,4-6,8H2,1-3H3/t10-/m0/s1. The summed E-state index contributed by atoms with van der Waals surface area (Å²) in [4.78, 5) is 11.4. The maximum Gasteiger partial charge on any atom is 0.132 e. The average molecular weight is 220 g/mol. The fourth-order valence-corrected chi connectivity index (χ4v) is 2.07. The Labute approximate surface area is 97.1 Å². The quantitative estimate of drug-likeness (QED) is 0.811. The van der Waals surface area contributed by atoms with Crippen molar-refractivity contribution >= 4 is 5.82 Å². The minimum absolute atomic E-state index is 0.536. The highest BCUT2D eigenvalue weighted by atomic mass is 15.2. The molecule has 16 heavy (non-hydrogen) atoms. The van der Waals surface area contributed by atoms with Crippen molar-refractivity contribution in [1.29, 1.82) is 0 Å². The first kappa shape index (κ1) is 11.3. The molecular weight excluding hydrogens is 200 g/mol. The molecule has 1 atom stereocenters. The minimum atomic E-state index is 0.536. The maximum absolute atomic E-state index is 4.60. The number of aryl methyl sites for hydroxylation is 2. The average Bonchev–Trinajstić information content (AvgIpc) is 2.28. The van der Waals surface area contributed by atoms with Gasteiger partial charge in [-0.1, -0.05) is 6.92 Å². The Morgan fingerprint density at radius 1 is 1.50 bits per heavy atom. The lowest BCUT2D eigenvalue weighted by Gasteiger charge is -2.33. The normalized spacial score (nSPS) is 21.2. The van der Waals surface area contributed by atoms with Crippen molar-refractivity contribution < 1.29 is 0 Å². The zero-order chi connectivity index (χ0) is 11.5. The summed E-state index contributed by atoms with van der Waals surface area (Å²) < 4.78 is 0. The van der Waals surface area contributed by atoms with Crippen LogP contribution in [0.25, 0.3) is 0 Å². The highest BCUT2D eigenvalue weighted by molar-refractivity contribution is 5.40. The van der Waals surface area contributed by atoms with E-state index >= 15 is 0 Å². The Kier molecular flexibility index (Phi) is 3.39. The van der Waals surface area contributed by atoms with Crippen LogP contribution in [0.5, 0.6) is 0 Å². The molecule has 1 saturated heterocycles. The number of hydrogen-bond donors (Lipinski definition) is 1. The van der Waals surface area contributed by atoms with Gasteiger partial charge in [-0.15, -0.1) is 0 Å². The van der Waals surface area contributed by atoms with Crippen LogP contribution < -0.4 is 10.2 Å². The Morgan fingerprint density at radius 3 is 3.00 bits per heavy atom. The van der Waals surface area contributed by atoms with E-state index in [-0.39, 0.29) is 0 Å². The zero-order valence-electron chi connectivity index (χ0n) is 10.3. The molecule has 0 saturated carbocycles. The lowest BCUT2D eigenvalue weighted by Crippen LogP contribution is -2.49. The zero-order valence-corrected chi connectivity index (χ0v) is 10.3. The number of rotatable bonds is 2. The smallest absolute Gasteiger partial charge is 0.132 e. The molecule has 2 rings (SSSR count). The molecule has 1 N–H and O–H groups in total. The predicted molar refractivity (Wildman–Crippen MR) is 65.8 cm³/mol. The van der Waals surface area contributed by atoms with Gasteiger partial charge in [-0.3, -0.25) is 0 Å². The molecule has 1 aliphatic rings. The molecule has 88 valence electrons. The van der Waals surface area contributed by atoms with Crippen LogP contribution in [-0.4, -0.2) is 35.6 Å². The summed E-state index contributed by atoms with van der Waals surface area (Å²) >= 11 is 0. The van der Waals surface area contributed by atoms with E-state index < -0.39 is 0 Å². The van der Waals surface area contributed by atoms with E-state index in [1.165, 1.54) is 0 Å². The van der Waals surface area contributed by atoms with Crippen molar-refractivity contribution in [2.75, 3.05) is 24.5 Å². The van der Waals surface area contributed by atoms with Crippen LogP contribution in [0, 0.1) is 6.92 Å². The van der Waals surface area contributed by atoms with Gasteiger partial charge in [-0.25, -0.2) is 9.97 Å². The van der Waals surface area contributed by atoms with Gasteiger partial charge in [0.05, 0.1) is 0 Å². The first-order valence-corrected chi connectivity index (χ1v) is 6.02. The third kappa shape index (κ3) is 2.50. The number of anilines is 1. The first-order chi connectivity index (χ1) is 7.69. The number of nitrogens with zero attached hydrogens (tertiary/aromatic N) is 3. The van der Waals surface area contributed by atoms with Gasteiger partial charge >= 0.3 is 0 Å². The van der Waals surface area contributed by atoms with Crippen LogP contribution in [0.4, 0.5) is 5.82 Å². The van der Waals surface area contributed by atoms with E-state index in [0.29, 0.717) is 6.04 Å². The first-order valence-electron chi connectivity index (χ1n) is 6.02. The monoisotopic (exact) mass is 220 g/mol. The summed E-state index contributed by atoms with van der Waals surface area (Å²) in [5.41, 5.74) is 1.06. The topological polar surface area (TPSA) is 41.1 Å². The summed E-state index contributed by atoms with van der Waals surface area (Å²) in [6.45, 7) is 9.44. The molecule has 0 unspecified atom stereocenters. The molecule has 0 bridgehead atoms. The second kappa shape index (κ2) is 4.78. The van der Waals surface area contributed by atoms with Crippen molar-refractivity contribution in [2.45, 2.75) is 33.2 Å². The van der Waals surface area contributed by atoms with Crippen molar-refractivity contribution in [3.8, 4) is 0 Å². The van der Waals surface area contributed by atoms with Crippen LogP contribution in [0.15, 0.2) is 6.07 Å². The summed E-state index contributed by atoms with van der Waals surface area (Å²) in [7, 11) is 0. The minimum Gasteiger partial charge on any atom is -0.354 e. The molecule has 1 aromatic heterocycles. The summed E-state index contributed by atoms with van der Waals surface area (Å²) in [5, 5.41) is 3.44. The summed E-state index contributed by atoms with van der Waals surface area (Å²) in [6, 6.07) is 2.62. The van der Waals surface area contributed by atoms with Crippen molar-refractivity contribution in [3.63, 3.8) is 0 Å². The predicted octanol–water partition coefficient (Wildman–Crippen LogP) is 1.15. The van der Waals surface area contributed by atoms with Gasteiger partial charge in [0, 0.05) is 43.9 Å². The van der Waals surface area contributed by atoms with Crippen LogP contribution in [0.1, 0.15) is 25.4 Å². The summed E-state index contributed by atoms with van der Waals surface area (Å²) in [6.07, 6.45) is 0.899. The molecular formula is C12H20N4. The lowest BCUT2D eigenvalue weighted by molar-refractivity contribution is 0.481. The maximum atomic E-state index is 4.60. The van der Waals surface area contributed by atoms with Gasteiger partial charge in [-0.2, -0.15) is 0 Å². The lowest BCUT2D eigenvalue weighted by atomic mass is 10.2. The number of aromatic nitrogens is 2. The van der Waals surface area contributed by atoms with E-state index in [2.05, 4.69) is 40.1 Å². The van der Waals surface area contributed by atoms with Gasteiger partial charge in [0.15, 0.2) is 0 Å². The van der Waals surface area contributed by atoms with E-state index in [1.807, 2.05) is 6.92 Å². The van der Waals surface area contributed by atoms with Crippen LogP contribution in [0.3, 0.4) is 0 Å². The molecule has 0 aromatic carbocycles. The van der Waals surface area contributed by atoms with Gasteiger partial charge in [0.2, 0.25) is 0 Å². The van der Waals surface area contributed by atoms with Crippen LogP contribution in [-0.2, 0) is 6.42 Å². The Bertz CT molecular complexity index is 364. The van der Waals surface area contributed by atoms with E-state index in [4.69, 9.17) is 0 Å². The fraction of sp³-hybridized carbons (Fsp3) is 0.667.